The van der Waals surface area contributed by atoms with Crippen LogP contribution in [0.15, 0.2) is 59.4 Å². The summed E-state index contributed by atoms with van der Waals surface area (Å²) >= 11 is 1.42. The summed E-state index contributed by atoms with van der Waals surface area (Å²) in [6.45, 7) is 7.48. The summed E-state index contributed by atoms with van der Waals surface area (Å²) in [5, 5.41) is 5.05. The number of hydrogen-bond donors (Lipinski definition) is 0. The molecule has 0 N–H and O–H groups in total. The molecule has 2 aromatic heterocycles. The van der Waals surface area contributed by atoms with Crippen LogP contribution in [-0.2, 0) is 13.1 Å². The molecule has 0 aliphatic rings. The van der Waals surface area contributed by atoms with E-state index in [1.54, 1.807) is 13.2 Å². The van der Waals surface area contributed by atoms with Crippen molar-refractivity contribution in [2.45, 2.75) is 39.8 Å². The number of benzene rings is 2. The van der Waals surface area contributed by atoms with Crippen LogP contribution in [0.4, 0.5) is 5.69 Å². The van der Waals surface area contributed by atoms with E-state index in [-0.39, 0.29) is 5.56 Å². The van der Waals surface area contributed by atoms with Gasteiger partial charge in [-0.2, -0.15) is 9.61 Å². The second-order valence-electron chi connectivity index (χ2n) is 7.85. The van der Waals surface area contributed by atoms with Gasteiger partial charge in [-0.25, -0.2) is 4.98 Å². The average molecular weight is 435 g/mol. The van der Waals surface area contributed by atoms with E-state index in [4.69, 9.17) is 4.74 Å². The van der Waals surface area contributed by atoms with E-state index >= 15 is 0 Å². The lowest BCUT2D eigenvalue weighted by Gasteiger charge is -2.25. The van der Waals surface area contributed by atoms with Crippen LogP contribution < -0.4 is 15.2 Å². The van der Waals surface area contributed by atoms with E-state index < -0.39 is 0 Å². The van der Waals surface area contributed by atoms with Crippen LogP contribution in [0.3, 0.4) is 0 Å². The standard InChI is InChI=1S/C24H26N4O2S/c1-16(2)19-7-5-18(6-8-19)14-27(21-9-11-22(30-4)12-10-21)15-20-13-23(29)28-24(25-20)31-17(3)26-28/h5-13,16H,14-15H2,1-4H3. The number of ether oxygens (including phenoxy) is 1. The van der Waals surface area contributed by atoms with Crippen LogP contribution in [0.25, 0.3) is 4.96 Å². The number of anilines is 1. The third-order valence-electron chi connectivity index (χ3n) is 5.21. The molecule has 0 aliphatic carbocycles. The first-order valence-corrected chi connectivity index (χ1v) is 11.1. The van der Waals surface area contributed by atoms with Crippen molar-refractivity contribution in [2.75, 3.05) is 12.0 Å². The molecule has 4 aromatic rings. The minimum Gasteiger partial charge on any atom is -0.497 e. The van der Waals surface area contributed by atoms with E-state index in [1.807, 2.05) is 31.2 Å². The van der Waals surface area contributed by atoms with Gasteiger partial charge in [0.25, 0.3) is 5.56 Å². The van der Waals surface area contributed by atoms with Crippen molar-refractivity contribution >= 4 is 22.0 Å². The number of methoxy groups -OCH3 is 1. The Morgan fingerprint density at radius 1 is 1.06 bits per heavy atom. The van der Waals surface area contributed by atoms with E-state index in [2.05, 4.69) is 53.1 Å². The van der Waals surface area contributed by atoms with Crippen molar-refractivity contribution in [3.63, 3.8) is 0 Å². The second kappa shape index (κ2) is 8.89. The highest BCUT2D eigenvalue weighted by molar-refractivity contribution is 7.16. The Balaban J connectivity index is 1.66. The van der Waals surface area contributed by atoms with Gasteiger partial charge in [-0.15, -0.1) is 0 Å². The Bertz CT molecular complexity index is 1230. The minimum absolute atomic E-state index is 0.152. The summed E-state index contributed by atoms with van der Waals surface area (Å²) in [6.07, 6.45) is 0. The van der Waals surface area contributed by atoms with Crippen LogP contribution in [0.1, 0.15) is 41.6 Å². The molecule has 0 bridgehead atoms. The van der Waals surface area contributed by atoms with E-state index in [1.165, 1.54) is 27.0 Å². The quantitative estimate of drug-likeness (QED) is 0.418. The number of aryl methyl sites for hydroxylation is 1. The smallest absolute Gasteiger partial charge is 0.275 e. The molecular weight excluding hydrogens is 408 g/mol. The molecule has 0 saturated heterocycles. The molecule has 0 fully saturated rings. The molecule has 6 nitrogen and oxygen atoms in total. The summed E-state index contributed by atoms with van der Waals surface area (Å²) in [5.74, 6) is 1.31. The fourth-order valence-corrected chi connectivity index (χ4v) is 4.26. The molecule has 2 heterocycles. The maximum absolute atomic E-state index is 12.5. The molecule has 0 spiro atoms. The number of hydrogen-bond acceptors (Lipinski definition) is 6. The summed E-state index contributed by atoms with van der Waals surface area (Å²) < 4.78 is 6.67. The molecule has 0 aliphatic heterocycles. The first-order valence-electron chi connectivity index (χ1n) is 10.3. The molecule has 7 heteroatoms. The third-order valence-corrected chi connectivity index (χ3v) is 6.03. The summed E-state index contributed by atoms with van der Waals surface area (Å²) in [5.41, 5.74) is 4.13. The van der Waals surface area contributed by atoms with Gasteiger partial charge in [-0.1, -0.05) is 49.4 Å². The van der Waals surface area contributed by atoms with Crippen molar-refractivity contribution in [1.82, 2.24) is 14.6 Å². The molecule has 0 saturated carbocycles. The Hall–Kier alpha value is -3.19. The Labute approximate surface area is 185 Å². The maximum Gasteiger partial charge on any atom is 0.275 e. The minimum atomic E-state index is -0.152. The zero-order valence-electron chi connectivity index (χ0n) is 18.2. The van der Waals surface area contributed by atoms with Gasteiger partial charge in [0.15, 0.2) is 0 Å². The lowest BCUT2D eigenvalue weighted by Crippen LogP contribution is -2.25. The molecular formula is C24H26N4O2S. The van der Waals surface area contributed by atoms with E-state index in [0.29, 0.717) is 24.0 Å². The van der Waals surface area contributed by atoms with Crippen LogP contribution >= 0.6 is 11.3 Å². The van der Waals surface area contributed by atoms with Crippen LogP contribution in [0, 0.1) is 6.92 Å². The van der Waals surface area contributed by atoms with Crippen LogP contribution in [0.5, 0.6) is 5.75 Å². The van der Waals surface area contributed by atoms with Gasteiger partial charge >= 0.3 is 0 Å². The monoisotopic (exact) mass is 434 g/mol. The predicted octanol–water partition coefficient (Wildman–Crippen LogP) is 4.80. The second-order valence-corrected chi connectivity index (χ2v) is 9.01. The highest BCUT2D eigenvalue weighted by atomic mass is 32.1. The van der Waals surface area contributed by atoms with Crippen molar-refractivity contribution in [2.24, 2.45) is 0 Å². The Morgan fingerprint density at radius 2 is 1.77 bits per heavy atom. The average Bonchev–Trinajstić information content (AvgIpc) is 3.14. The Morgan fingerprint density at radius 3 is 2.42 bits per heavy atom. The largest absolute Gasteiger partial charge is 0.497 e. The van der Waals surface area contributed by atoms with Gasteiger partial charge in [0.05, 0.1) is 19.3 Å². The lowest BCUT2D eigenvalue weighted by molar-refractivity contribution is 0.415. The lowest BCUT2D eigenvalue weighted by atomic mass is 10.0. The van der Waals surface area contributed by atoms with Crippen molar-refractivity contribution in [3.05, 3.63) is 86.8 Å². The fraction of sp³-hybridized carbons (Fsp3) is 0.292. The highest BCUT2D eigenvalue weighted by Crippen LogP contribution is 2.24. The summed E-state index contributed by atoms with van der Waals surface area (Å²) in [6, 6.07) is 18.2. The van der Waals surface area contributed by atoms with Gasteiger partial charge in [0, 0.05) is 18.3 Å². The molecule has 0 amide bonds. The van der Waals surface area contributed by atoms with E-state index in [0.717, 1.165) is 22.1 Å². The van der Waals surface area contributed by atoms with Crippen LogP contribution in [0.2, 0.25) is 0 Å². The first-order chi connectivity index (χ1) is 14.9. The normalized spacial score (nSPS) is 11.3. The number of nitrogens with zero attached hydrogens (tertiary/aromatic N) is 4. The molecule has 160 valence electrons. The van der Waals surface area contributed by atoms with Gasteiger partial charge < -0.3 is 9.64 Å². The van der Waals surface area contributed by atoms with Gasteiger partial charge in [-0.3, -0.25) is 4.79 Å². The van der Waals surface area contributed by atoms with Crippen molar-refractivity contribution in [1.29, 1.82) is 0 Å². The van der Waals surface area contributed by atoms with Gasteiger partial charge in [0.1, 0.15) is 10.8 Å². The molecule has 31 heavy (non-hydrogen) atoms. The van der Waals surface area contributed by atoms with Crippen molar-refractivity contribution < 1.29 is 4.74 Å². The maximum atomic E-state index is 12.5. The number of rotatable bonds is 7. The first kappa shape index (κ1) is 21.1. The molecule has 0 atom stereocenters. The molecule has 0 unspecified atom stereocenters. The zero-order valence-corrected chi connectivity index (χ0v) is 19.0. The fourth-order valence-electron chi connectivity index (χ4n) is 3.49. The summed E-state index contributed by atoms with van der Waals surface area (Å²) in [4.78, 5) is 20.0. The van der Waals surface area contributed by atoms with Gasteiger partial charge in [0.2, 0.25) is 4.96 Å². The number of aromatic nitrogens is 3. The molecule has 4 rings (SSSR count). The zero-order chi connectivity index (χ0) is 22.0. The van der Waals surface area contributed by atoms with Gasteiger partial charge in [-0.05, 0) is 48.2 Å². The van der Waals surface area contributed by atoms with Crippen LogP contribution in [-0.4, -0.2) is 21.7 Å². The number of fused-ring (bicyclic) bond motifs is 1. The van der Waals surface area contributed by atoms with E-state index in [9.17, 15) is 4.79 Å². The summed E-state index contributed by atoms with van der Waals surface area (Å²) in [7, 11) is 1.66. The highest BCUT2D eigenvalue weighted by Gasteiger charge is 2.13. The molecule has 2 aromatic carbocycles. The van der Waals surface area contributed by atoms with Crippen molar-refractivity contribution in [3.8, 4) is 5.75 Å². The SMILES string of the molecule is COc1ccc(N(Cc2ccc(C(C)C)cc2)Cc2cc(=O)n3nc(C)sc3n2)cc1. The Kier molecular flexibility index (Phi) is 6.04. The third kappa shape index (κ3) is 4.77. The molecule has 0 radical (unpaired) electrons. The topological polar surface area (TPSA) is 59.7 Å². The predicted molar refractivity (Wildman–Crippen MR) is 125 cm³/mol.